The first-order valence-corrected chi connectivity index (χ1v) is 5.46. The first-order valence-electron chi connectivity index (χ1n) is 5.08. The number of hydrogen-bond acceptors (Lipinski definition) is 1. The molecule has 0 unspecified atom stereocenters. The van der Waals surface area contributed by atoms with Crippen molar-refractivity contribution < 1.29 is 4.39 Å². The molecule has 0 saturated heterocycles. The lowest BCUT2D eigenvalue weighted by Crippen LogP contribution is -1.90. The number of aryl methyl sites for hydroxylation is 1. The Morgan fingerprint density at radius 1 is 1.18 bits per heavy atom. The SMILES string of the molecule is Cc1cc(C#N)c(-c2ccc(Cl)cc2)cc1F. The quantitative estimate of drug-likeness (QED) is 0.734. The highest BCUT2D eigenvalue weighted by Crippen LogP contribution is 2.27. The molecule has 2 rings (SSSR count). The van der Waals surface area contributed by atoms with E-state index in [-0.39, 0.29) is 5.82 Å². The number of rotatable bonds is 1. The predicted octanol–water partition coefficient (Wildman–Crippen LogP) is 4.33. The Morgan fingerprint density at radius 3 is 2.41 bits per heavy atom. The molecule has 0 N–H and O–H groups in total. The number of halogens is 2. The molecule has 0 heterocycles. The van der Waals surface area contributed by atoms with Gasteiger partial charge in [0.25, 0.3) is 0 Å². The van der Waals surface area contributed by atoms with E-state index in [1.807, 2.05) is 0 Å². The van der Waals surface area contributed by atoms with Crippen LogP contribution < -0.4 is 0 Å². The summed E-state index contributed by atoms with van der Waals surface area (Å²) in [5, 5.41) is 9.66. The van der Waals surface area contributed by atoms with Gasteiger partial charge in [-0.3, -0.25) is 0 Å². The minimum absolute atomic E-state index is 0.311. The van der Waals surface area contributed by atoms with E-state index in [2.05, 4.69) is 6.07 Å². The van der Waals surface area contributed by atoms with E-state index in [4.69, 9.17) is 16.9 Å². The lowest BCUT2D eigenvalue weighted by atomic mass is 9.98. The maximum absolute atomic E-state index is 13.5. The van der Waals surface area contributed by atoms with Crippen molar-refractivity contribution in [2.75, 3.05) is 0 Å². The number of nitriles is 1. The van der Waals surface area contributed by atoms with Crippen LogP contribution in [0.5, 0.6) is 0 Å². The first kappa shape index (κ1) is 11.6. The normalized spacial score (nSPS) is 10.0. The van der Waals surface area contributed by atoms with Gasteiger partial charge in [0.1, 0.15) is 5.82 Å². The summed E-state index contributed by atoms with van der Waals surface area (Å²) >= 11 is 5.79. The third-order valence-corrected chi connectivity index (χ3v) is 2.83. The molecule has 3 heteroatoms. The summed E-state index contributed by atoms with van der Waals surface area (Å²) < 4.78 is 13.5. The van der Waals surface area contributed by atoms with Crippen LogP contribution in [0.1, 0.15) is 11.1 Å². The number of nitrogens with zero attached hydrogens (tertiary/aromatic N) is 1. The molecule has 2 aromatic carbocycles. The summed E-state index contributed by atoms with van der Waals surface area (Å²) in [5.41, 5.74) is 2.31. The molecule has 84 valence electrons. The van der Waals surface area contributed by atoms with Gasteiger partial charge < -0.3 is 0 Å². The van der Waals surface area contributed by atoms with Crippen LogP contribution in [0, 0.1) is 24.1 Å². The van der Waals surface area contributed by atoms with Crippen molar-refractivity contribution in [2.45, 2.75) is 6.92 Å². The van der Waals surface area contributed by atoms with Gasteiger partial charge in [-0.25, -0.2) is 4.39 Å². The highest BCUT2D eigenvalue weighted by molar-refractivity contribution is 6.30. The van der Waals surface area contributed by atoms with Crippen molar-refractivity contribution in [3.8, 4) is 17.2 Å². The Kier molecular flexibility index (Phi) is 3.12. The molecule has 0 fully saturated rings. The highest BCUT2D eigenvalue weighted by atomic mass is 35.5. The van der Waals surface area contributed by atoms with Gasteiger partial charge in [0.15, 0.2) is 0 Å². The van der Waals surface area contributed by atoms with Crippen LogP contribution in [0.4, 0.5) is 4.39 Å². The monoisotopic (exact) mass is 245 g/mol. The summed E-state index contributed by atoms with van der Waals surface area (Å²) in [6, 6.07) is 12.0. The lowest BCUT2D eigenvalue weighted by molar-refractivity contribution is 0.619. The van der Waals surface area contributed by atoms with E-state index < -0.39 is 0 Å². The van der Waals surface area contributed by atoms with Gasteiger partial charge in [0, 0.05) is 10.6 Å². The van der Waals surface area contributed by atoms with Gasteiger partial charge in [-0.1, -0.05) is 23.7 Å². The van der Waals surface area contributed by atoms with Gasteiger partial charge in [-0.05, 0) is 42.3 Å². The summed E-state index contributed by atoms with van der Waals surface area (Å²) in [7, 11) is 0. The molecule has 0 amide bonds. The van der Waals surface area contributed by atoms with E-state index in [0.29, 0.717) is 21.7 Å². The van der Waals surface area contributed by atoms with Crippen molar-refractivity contribution in [2.24, 2.45) is 0 Å². The maximum atomic E-state index is 13.5. The Morgan fingerprint density at radius 2 is 1.82 bits per heavy atom. The molecule has 0 atom stereocenters. The molecule has 0 aromatic heterocycles. The number of benzene rings is 2. The zero-order valence-corrected chi connectivity index (χ0v) is 9.92. The first-order chi connectivity index (χ1) is 8.11. The van der Waals surface area contributed by atoms with Gasteiger partial charge in [0.2, 0.25) is 0 Å². The van der Waals surface area contributed by atoms with Crippen LogP contribution >= 0.6 is 11.6 Å². The van der Waals surface area contributed by atoms with E-state index in [1.165, 1.54) is 6.07 Å². The smallest absolute Gasteiger partial charge is 0.126 e. The third kappa shape index (κ3) is 2.30. The lowest BCUT2D eigenvalue weighted by Gasteiger charge is -2.06. The van der Waals surface area contributed by atoms with Crippen LogP contribution in [0.3, 0.4) is 0 Å². The Labute approximate surface area is 104 Å². The third-order valence-electron chi connectivity index (χ3n) is 2.57. The van der Waals surface area contributed by atoms with Gasteiger partial charge >= 0.3 is 0 Å². The predicted molar refractivity (Wildman–Crippen MR) is 66.3 cm³/mol. The fraction of sp³-hybridized carbons (Fsp3) is 0.0714. The van der Waals surface area contributed by atoms with Crippen molar-refractivity contribution in [3.63, 3.8) is 0 Å². The van der Waals surface area contributed by atoms with E-state index in [9.17, 15) is 4.39 Å². The van der Waals surface area contributed by atoms with Crippen molar-refractivity contribution >= 4 is 11.6 Å². The van der Waals surface area contributed by atoms with Gasteiger partial charge in [0.05, 0.1) is 11.6 Å². The minimum atomic E-state index is -0.311. The Balaban J connectivity index is 2.63. The fourth-order valence-electron chi connectivity index (χ4n) is 1.64. The van der Waals surface area contributed by atoms with Crippen LogP contribution in [0.25, 0.3) is 11.1 Å². The van der Waals surface area contributed by atoms with Crippen LogP contribution in [-0.2, 0) is 0 Å². The molecule has 2 aromatic rings. The highest BCUT2D eigenvalue weighted by Gasteiger charge is 2.09. The average Bonchev–Trinajstić information content (AvgIpc) is 2.33. The van der Waals surface area contributed by atoms with Crippen LogP contribution in [0.15, 0.2) is 36.4 Å². The van der Waals surface area contributed by atoms with Crippen molar-refractivity contribution in [1.82, 2.24) is 0 Å². The zero-order valence-electron chi connectivity index (χ0n) is 9.17. The molecular weight excluding hydrogens is 237 g/mol. The summed E-state index contributed by atoms with van der Waals surface area (Å²) in [4.78, 5) is 0. The van der Waals surface area contributed by atoms with E-state index in [1.54, 1.807) is 37.3 Å². The molecule has 0 bridgehead atoms. The molecule has 1 nitrogen and oxygen atoms in total. The topological polar surface area (TPSA) is 23.8 Å². The standard InChI is InChI=1S/C14H9ClFN/c1-9-6-11(8-17)13(7-14(9)16)10-2-4-12(15)5-3-10/h2-7H,1H3. The number of hydrogen-bond donors (Lipinski definition) is 0. The summed E-state index contributed by atoms with van der Waals surface area (Å²) in [6.07, 6.45) is 0. The van der Waals surface area contributed by atoms with E-state index in [0.717, 1.165) is 5.56 Å². The van der Waals surface area contributed by atoms with Crippen molar-refractivity contribution in [1.29, 1.82) is 5.26 Å². The second kappa shape index (κ2) is 4.57. The van der Waals surface area contributed by atoms with Crippen molar-refractivity contribution in [3.05, 3.63) is 58.4 Å². The summed E-state index contributed by atoms with van der Waals surface area (Å²) in [5.74, 6) is -0.311. The molecular formula is C14H9ClFN. The average molecular weight is 246 g/mol. The van der Waals surface area contributed by atoms with Gasteiger partial charge in [-0.2, -0.15) is 5.26 Å². The van der Waals surface area contributed by atoms with Gasteiger partial charge in [-0.15, -0.1) is 0 Å². The van der Waals surface area contributed by atoms with Crippen LogP contribution in [0.2, 0.25) is 5.02 Å². The molecule has 0 saturated carbocycles. The molecule has 17 heavy (non-hydrogen) atoms. The van der Waals surface area contributed by atoms with Crippen LogP contribution in [-0.4, -0.2) is 0 Å². The Bertz CT molecular complexity index is 597. The second-order valence-electron chi connectivity index (χ2n) is 3.77. The zero-order chi connectivity index (χ0) is 12.4. The minimum Gasteiger partial charge on any atom is -0.207 e. The fourth-order valence-corrected chi connectivity index (χ4v) is 1.77. The van der Waals surface area contributed by atoms with E-state index >= 15 is 0 Å². The summed E-state index contributed by atoms with van der Waals surface area (Å²) in [6.45, 7) is 1.64. The largest absolute Gasteiger partial charge is 0.207 e. The Hall–Kier alpha value is -1.85. The maximum Gasteiger partial charge on any atom is 0.126 e. The second-order valence-corrected chi connectivity index (χ2v) is 4.20. The molecule has 0 spiro atoms. The molecule has 0 aliphatic rings. The molecule has 0 aliphatic heterocycles. The molecule has 0 aliphatic carbocycles. The molecule has 0 radical (unpaired) electrons.